The van der Waals surface area contributed by atoms with Gasteiger partial charge in [-0.1, -0.05) is 24.3 Å². The Balaban J connectivity index is 2.64. The molecule has 2 rings (SSSR count). The number of benzene rings is 1. The van der Waals surface area contributed by atoms with E-state index in [0.29, 0.717) is 11.1 Å². The van der Waals surface area contributed by atoms with Gasteiger partial charge in [0, 0.05) is 5.56 Å². The van der Waals surface area contributed by atoms with Gasteiger partial charge >= 0.3 is 5.71 Å². The van der Waals surface area contributed by atoms with Gasteiger partial charge < -0.3 is 5.53 Å². The number of carbonyl (C=O) groups excluding carboxylic acids is 2. The van der Waals surface area contributed by atoms with Crippen LogP contribution in [0.4, 0.5) is 0 Å². The minimum absolute atomic E-state index is 0.0299. The van der Waals surface area contributed by atoms with Gasteiger partial charge in [-0.25, -0.2) is 0 Å². The number of fused-ring (bicyclic) bond motifs is 1. The molecule has 4 nitrogen and oxygen atoms in total. The van der Waals surface area contributed by atoms with Crippen molar-refractivity contribution in [3.8, 4) is 0 Å². The van der Waals surface area contributed by atoms with Crippen molar-refractivity contribution in [1.82, 2.24) is 0 Å². The van der Waals surface area contributed by atoms with Crippen molar-refractivity contribution in [2.75, 3.05) is 0 Å². The van der Waals surface area contributed by atoms with Crippen molar-refractivity contribution in [1.29, 1.82) is 0 Å². The number of carbonyl (C=O) groups is 2. The van der Waals surface area contributed by atoms with Crippen LogP contribution in [-0.2, 0) is 4.79 Å². The Kier molecular flexibility index (Phi) is 2.69. The SMILES string of the molecule is [N-]=[N+]=C1CC(C(=O)Cl)c2ccccc2C1=O. The van der Waals surface area contributed by atoms with Gasteiger partial charge in [0.25, 0.3) is 5.78 Å². The third-order valence-electron chi connectivity index (χ3n) is 2.64. The first-order valence-electron chi connectivity index (χ1n) is 4.69. The highest BCUT2D eigenvalue weighted by Gasteiger charge is 2.38. The Morgan fingerprint density at radius 3 is 2.75 bits per heavy atom. The van der Waals surface area contributed by atoms with Crippen LogP contribution in [0.3, 0.4) is 0 Å². The topological polar surface area (TPSA) is 70.5 Å². The van der Waals surface area contributed by atoms with Gasteiger partial charge in [0.15, 0.2) is 0 Å². The summed E-state index contributed by atoms with van der Waals surface area (Å²) >= 11 is 5.47. The van der Waals surface area contributed by atoms with Crippen molar-refractivity contribution in [3.05, 3.63) is 40.9 Å². The Bertz CT molecular complexity index is 533. The fourth-order valence-corrected chi connectivity index (χ4v) is 2.04. The van der Waals surface area contributed by atoms with Gasteiger partial charge in [0.2, 0.25) is 5.24 Å². The third-order valence-corrected chi connectivity index (χ3v) is 2.90. The van der Waals surface area contributed by atoms with Crippen molar-refractivity contribution in [2.45, 2.75) is 12.3 Å². The van der Waals surface area contributed by atoms with Gasteiger partial charge in [-0.3, -0.25) is 9.59 Å². The van der Waals surface area contributed by atoms with E-state index in [0.717, 1.165) is 0 Å². The molecule has 1 aliphatic carbocycles. The summed E-state index contributed by atoms with van der Waals surface area (Å²) in [7, 11) is 0. The quantitative estimate of drug-likeness (QED) is 0.422. The molecule has 0 fully saturated rings. The Morgan fingerprint density at radius 1 is 1.44 bits per heavy atom. The van der Waals surface area contributed by atoms with E-state index in [9.17, 15) is 9.59 Å². The second-order valence-electron chi connectivity index (χ2n) is 3.52. The number of ketones is 1. The van der Waals surface area contributed by atoms with Crippen LogP contribution in [0.25, 0.3) is 5.53 Å². The molecule has 0 saturated heterocycles. The van der Waals surface area contributed by atoms with Crippen LogP contribution >= 0.6 is 11.6 Å². The van der Waals surface area contributed by atoms with E-state index in [1.54, 1.807) is 24.3 Å². The van der Waals surface area contributed by atoms with Crippen LogP contribution in [0, 0.1) is 0 Å². The highest BCUT2D eigenvalue weighted by Crippen LogP contribution is 2.31. The number of nitrogens with zero attached hydrogens (tertiary/aromatic N) is 2. The summed E-state index contributed by atoms with van der Waals surface area (Å²) in [6, 6.07) is 6.70. The van der Waals surface area contributed by atoms with Crippen LogP contribution in [0.5, 0.6) is 0 Å². The van der Waals surface area contributed by atoms with E-state index in [1.165, 1.54) is 0 Å². The molecule has 1 atom stereocenters. The van der Waals surface area contributed by atoms with E-state index in [-0.39, 0.29) is 17.9 Å². The highest BCUT2D eigenvalue weighted by atomic mass is 35.5. The van der Waals surface area contributed by atoms with Crippen molar-refractivity contribution < 1.29 is 14.4 Å². The van der Waals surface area contributed by atoms with Crippen LogP contribution in [0.15, 0.2) is 24.3 Å². The summed E-state index contributed by atoms with van der Waals surface area (Å²) in [5.41, 5.74) is 9.64. The number of halogens is 1. The lowest BCUT2D eigenvalue weighted by Crippen LogP contribution is -2.28. The maximum absolute atomic E-state index is 11.8. The van der Waals surface area contributed by atoms with Gasteiger partial charge in [0.05, 0.1) is 12.3 Å². The summed E-state index contributed by atoms with van der Waals surface area (Å²) < 4.78 is 0. The average molecular weight is 235 g/mol. The average Bonchev–Trinajstić information content (AvgIpc) is 2.29. The summed E-state index contributed by atoms with van der Waals surface area (Å²) in [5, 5.41) is -0.555. The molecule has 0 radical (unpaired) electrons. The fraction of sp³-hybridized carbons (Fsp3) is 0.182. The lowest BCUT2D eigenvalue weighted by atomic mass is 9.81. The molecule has 1 unspecified atom stereocenters. The predicted molar refractivity (Wildman–Crippen MR) is 57.6 cm³/mol. The van der Waals surface area contributed by atoms with E-state index in [2.05, 4.69) is 4.79 Å². The molecule has 0 aromatic heterocycles. The first kappa shape index (κ1) is 10.7. The Labute approximate surface area is 96.5 Å². The minimum atomic E-state index is -0.610. The lowest BCUT2D eigenvalue weighted by molar-refractivity contribution is -0.113. The van der Waals surface area contributed by atoms with E-state index in [4.69, 9.17) is 17.1 Å². The second kappa shape index (κ2) is 4.00. The van der Waals surface area contributed by atoms with E-state index >= 15 is 0 Å². The Hall–Kier alpha value is -1.77. The van der Waals surface area contributed by atoms with Crippen molar-refractivity contribution >= 4 is 28.3 Å². The first-order chi connectivity index (χ1) is 7.65. The van der Waals surface area contributed by atoms with Crippen LogP contribution in [0.1, 0.15) is 28.3 Å². The van der Waals surface area contributed by atoms with Gasteiger partial charge in [-0.05, 0) is 17.2 Å². The molecule has 0 N–H and O–H groups in total. The van der Waals surface area contributed by atoms with Gasteiger partial charge in [0.1, 0.15) is 0 Å². The molecule has 0 spiro atoms. The van der Waals surface area contributed by atoms with Crippen LogP contribution < -0.4 is 0 Å². The molecule has 5 heteroatoms. The smallest absolute Gasteiger partial charge is 0.340 e. The highest BCUT2D eigenvalue weighted by molar-refractivity contribution is 6.65. The van der Waals surface area contributed by atoms with Gasteiger partial charge in [-0.2, -0.15) is 4.79 Å². The fourth-order valence-electron chi connectivity index (χ4n) is 1.85. The van der Waals surface area contributed by atoms with E-state index in [1.807, 2.05) is 0 Å². The van der Waals surface area contributed by atoms with Crippen LogP contribution in [0.2, 0.25) is 0 Å². The van der Waals surface area contributed by atoms with E-state index < -0.39 is 11.2 Å². The van der Waals surface area contributed by atoms with Crippen molar-refractivity contribution in [2.24, 2.45) is 0 Å². The molecule has 0 aliphatic heterocycles. The lowest BCUT2D eigenvalue weighted by Gasteiger charge is -2.18. The zero-order valence-corrected chi connectivity index (χ0v) is 8.94. The number of hydrogen-bond acceptors (Lipinski definition) is 2. The summed E-state index contributed by atoms with van der Waals surface area (Å²) in [4.78, 5) is 25.9. The number of rotatable bonds is 1. The standard InChI is InChI=1S/C11H7ClN2O2/c12-11(16)8-5-9(14-13)10(15)7-4-2-1-3-6(7)8/h1-4,8H,5H2. The zero-order valence-electron chi connectivity index (χ0n) is 8.18. The molecular formula is C11H7ClN2O2. The molecule has 0 bridgehead atoms. The molecule has 80 valence electrons. The maximum atomic E-state index is 11.8. The zero-order chi connectivity index (χ0) is 11.7. The number of Topliss-reactive ketones (excluding diaryl/α,β-unsaturated/α-hetero) is 1. The van der Waals surface area contributed by atoms with Crippen LogP contribution in [-0.4, -0.2) is 21.5 Å². The predicted octanol–water partition coefficient (Wildman–Crippen LogP) is 1.79. The molecule has 1 aliphatic rings. The molecular weight excluding hydrogens is 228 g/mol. The largest absolute Gasteiger partial charge is 0.361 e. The molecule has 0 amide bonds. The monoisotopic (exact) mass is 234 g/mol. The molecule has 1 aromatic carbocycles. The number of hydrogen-bond donors (Lipinski definition) is 0. The summed E-state index contributed by atoms with van der Waals surface area (Å²) in [5.74, 6) is -0.964. The molecule has 1 aromatic rings. The second-order valence-corrected chi connectivity index (χ2v) is 3.90. The Morgan fingerprint density at radius 2 is 2.12 bits per heavy atom. The minimum Gasteiger partial charge on any atom is -0.361 e. The summed E-state index contributed by atoms with van der Waals surface area (Å²) in [6.45, 7) is 0. The molecule has 16 heavy (non-hydrogen) atoms. The maximum Gasteiger partial charge on any atom is 0.340 e. The first-order valence-corrected chi connectivity index (χ1v) is 5.07. The van der Waals surface area contributed by atoms with Crippen molar-refractivity contribution in [3.63, 3.8) is 0 Å². The van der Waals surface area contributed by atoms with Gasteiger partial charge in [-0.15, -0.1) is 0 Å². The normalized spacial score (nSPS) is 18.9. The molecule has 0 saturated carbocycles. The molecule has 0 heterocycles. The third kappa shape index (κ3) is 1.58. The summed E-state index contributed by atoms with van der Waals surface area (Å²) in [6.07, 6.45) is 0.0503.